The van der Waals surface area contributed by atoms with E-state index in [2.05, 4.69) is 20.5 Å². The van der Waals surface area contributed by atoms with Gasteiger partial charge < -0.3 is 0 Å². The number of anilines is 1. The average Bonchev–Trinajstić information content (AvgIpc) is 3.08. The van der Waals surface area contributed by atoms with Crippen molar-refractivity contribution in [1.82, 2.24) is 9.97 Å². The van der Waals surface area contributed by atoms with Crippen LogP contribution < -0.4 is 11.0 Å². The number of nitrogens with one attached hydrogen (secondary N) is 2. The maximum atomic E-state index is 12.1. The summed E-state index contributed by atoms with van der Waals surface area (Å²) in [6, 6.07) is 12.4. The fraction of sp³-hybridized carbons (Fsp3) is 0. The van der Waals surface area contributed by atoms with Crippen LogP contribution in [0.15, 0.2) is 51.7 Å². The molecule has 0 spiro atoms. The van der Waals surface area contributed by atoms with Gasteiger partial charge in [-0.05, 0) is 23.6 Å². The Hall–Kier alpha value is -2.95. The van der Waals surface area contributed by atoms with Gasteiger partial charge in [0.2, 0.25) is 5.95 Å². The minimum absolute atomic E-state index is 0.0647. The van der Waals surface area contributed by atoms with Crippen molar-refractivity contribution in [2.45, 2.75) is 0 Å². The molecule has 0 unspecified atom stereocenters. The number of benzene rings is 1. The van der Waals surface area contributed by atoms with Crippen LogP contribution in [-0.4, -0.2) is 16.2 Å². The van der Waals surface area contributed by atoms with E-state index in [0.29, 0.717) is 10.6 Å². The highest BCUT2D eigenvalue weighted by Gasteiger charge is 2.13. The lowest BCUT2D eigenvalue weighted by atomic mass is 10.1. The molecule has 8 heteroatoms. The summed E-state index contributed by atoms with van der Waals surface area (Å²) in [5.74, 6) is 0.150. The Kier molecular flexibility index (Phi) is 4.70. The fourth-order valence-electron chi connectivity index (χ4n) is 1.97. The maximum absolute atomic E-state index is 12.1. The van der Waals surface area contributed by atoms with Gasteiger partial charge in [-0.15, -0.1) is 11.3 Å². The third-order valence-electron chi connectivity index (χ3n) is 3.05. The van der Waals surface area contributed by atoms with Gasteiger partial charge in [0.15, 0.2) is 0 Å². The molecule has 0 atom stereocenters. The first-order chi connectivity index (χ1) is 11.7. The smallest absolute Gasteiger partial charge is 0.270 e. The van der Waals surface area contributed by atoms with Crippen molar-refractivity contribution in [3.05, 3.63) is 67.6 Å². The maximum Gasteiger partial charge on any atom is 0.270 e. The van der Waals surface area contributed by atoms with Crippen molar-refractivity contribution < 1.29 is 0 Å². The van der Waals surface area contributed by atoms with Gasteiger partial charge in [-0.25, -0.2) is 10.4 Å². The largest absolute Gasteiger partial charge is 0.290 e. The number of nitrogens with zero attached hydrogens (tertiary/aromatic N) is 3. The monoisotopic (exact) mass is 355 g/mol. The number of thiophene rings is 1. The van der Waals surface area contributed by atoms with Crippen LogP contribution in [0.5, 0.6) is 0 Å². The van der Waals surface area contributed by atoms with Crippen molar-refractivity contribution in [2.24, 2.45) is 5.10 Å². The van der Waals surface area contributed by atoms with E-state index in [-0.39, 0.29) is 17.2 Å². The minimum atomic E-state index is -0.536. The highest BCUT2D eigenvalue weighted by Crippen LogP contribution is 2.22. The van der Waals surface area contributed by atoms with Crippen LogP contribution in [0.3, 0.4) is 0 Å². The number of rotatable bonds is 4. The number of hydrazone groups is 1. The molecule has 0 saturated heterocycles. The number of hydrogen-bond donors (Lipinski definition) is 2. The van der Waals surface area contributed by atoms with Crippen molar-refractivity contribution in [2.75, 3.05) is 5.43 Å². The number of halogens is 1. The molecule has 0 aliphatic carbocycles. The van der Waals surface area contributed by atoms with Crippen molar-refractivity contribution >= 4 is 35.1 Å². The molecule has 2 N–H and O–H groups in total. The van der Waals surface area contributed by atoms with E-state index in [1.54, 1.807) is 30.5 Å². The lowest BCUT2D eigenvalue weighted by Gasteiger charge is -2.06. The lowest BCUT2D eigenvalue weighted by Crippen LogP contribution is -2.16. The highest BCUT2D eigenvalue weighted by atomic mass is 35.5. The zero-order chi connectivity index (χ0) is 16.9. The molecule has 2 aromatic heterocycles. The normalized spacial score (nSPS) is 10.7. The lowest BCUT2D eigenvalue weighted by molar-refractivity contribution is 1.08. The molecule has 1 aromatic carbocycles. The molecule has 3 rings (SSSR count). The van der Waals surface area contributed by atoms with Gasteiger partial charge >= 0.3 is 0 Å². The number of nitriles is 1. The summed E-state index contributed by atoms with van der Waals surface area (Å²) in [4.78, 5) is 19.8. The van der Waals surface area contributed by atoms with E-state index in [1.165, 1.54) is 11.3 Å². The predicted octanol–water partition coefficient (Wildman–Crippen LogP) is 3.47. The van der Waals surface area contributed by atoms with E-state index in [1.807, 2.05) is 23.6 Å². The molecule has 0 aliphatic rings. The molecule has 0 aliphatic heterocycles. The summed E-state index contributed by atoms with van der Waals surface area (Å²) in [5.41, 5.74) is 2.96. The van der Waals surface area contributed by atoms with Gasteiger partial charge in [0, 0.05) is 15.5 Å². The summed E-state index contributed by atoms with van der Waals surface area (Å²) in [7, 11) is 0. The fourth-order valence-corrected chi connectivity index (χ4v) is 2.68. The summed E-state index contributed by atoms with van der Waals surface area (Å²) >= 11 is 7.40. The zero-order valence-corrected chi connectivity index (χ0v) is 13.7. The Bertz CT molecular complexity index is 971. The second-order valence-corrected chi connectivity index (χ2v) is 6.06. The standard InChI is InChI=1S/C16H10ClN5OS/c17-11-5-3-10(4-6-11)14-13(8-18)15(23)21-16(20-14)22-19-9-12-2-1-7-24-12/h1-7,9H,(H2,20,21,22,23). The van der Waals surface area contributed by atoms with Crippen LogP contribution in [0.25, 0.3) is 11.3 Å². The number of aromatic amines is 1. The molecule has 2 heterocycles. The Morgan fingerprint density at radius 2 is 2.12 bits per heavy atom. The van der Waals surface area contributed by atoms with Gasteiger partial charge in [-0.2, -0.15) is 10.4 Å². The van der Waals surface area contributed by atoms with Gasteiger partial charge in [0.25, 0.3) is 5.56 Å². The molecule has 0 bridgehead atoms. The first-order valence-electron chi connectivity index (χ1n) is 6.80. The molecular weight excluding hydrogens is 346 g/mol. The SMILES string of the molecule is N#Cc1c(-c2ccc(Cl)cc2)nc(NN=Cc2cccs2)[nH]c1=O. The Morgan fingerprint density at radius 1 is 1.33 bits per heavy atom. The predicted molar refractivity (Wildman–Crippen MR) is 95.6 cm³/mol. The van der Waals surface area contributed by atoms with Crippen LogP contribution in [0, 0.1) is 11.3 Å². The Morgan fingerprint density at radius 3 is 2.79 bits per heavy atom. The first-order valence-corrected chi connectivity index (χ1v) is 8.06. The first kappa shape index (κ1) is 15.9. The molecule has 0 radical (unpaired) electrons. The molecular formula is C16H10ClN5OS. The Labute approximate surface area is 146 Å². The van der Waals surface area contributed by atoms with Crippen LogP contribution >= 0.6 is 22.9 Å². The topological polar surface area (TPSA) is 93.9 Å². The van der Waals surface area contributed by atoms with Gasteiger partial charge in [-0.1, -0.05) is 29.8 Å². The van der Waals surface area contributed by atoms with E-state index >= 15 is 0 Å². The molecule has 118 valence electrons. The van der Waals surface area contributed by atoms with E-state index in [9.17, 15) is 10.1 Å². The zero-order valence-electron chi connectivity index (χ0n) is 12.2. The third-order valence-corrected chi connectivity index (χ3v) is 4.11. The molecule has 0 amide bonds. The van der Waals surface area contributed by atoms with Crippen LogP contribution in [0.1, 0.15) is 10.4 Å². The van der Waals surface area contributed by atoms with Crippen molar-refractivity contribution in [3.8, 4) is 17.3 Å². The van der Waals surface area contributed by atoms with Crippen molar-refractivity contribution in [3.63, 3.8) is 0 Å². The van der Waals surface area contributed by atoms with E-state index < -0.39 is 5.56 Å². The summed E-state index contributed by atoms with van der Waals surface area (Å²) in [6.07, 6.45) is 1.62. The third kappa shape index (κ3) is 3.51. The molecule has 0 fully saturated rings. The molecule has 3 aromatic rings. The summed E-state index contributed by atoms with van der Waals surface area (Å²) in [5, 5.41) is 15.7. The second kappa shape index (κ2) is 7.08. The molecule has 6 nitrogen and oxygen atoms in total. The molecule has 24 heavy (non-hydrogen) atoms. The van der Waals surface area contributed by atoms with Gasteiger partial charge in [0.1, 0.15) is 11.6 Å². The van der Waals surface area contributed by atoms with Gasteiger partial charge in [0.05, 0.1) is 11.9 Å². The van der Waals surface area contributed by atoms with Gasteiger partial charge in [-0.3, -0.25) is 9.78 Å². The highest BCUT2D eigenvalue weighted by molar-refractivity contribution is 7.11. The minimum Gasteiger partial charge on any atom is -0.290 e. The summed E-state index contributed by atoms with van der Waals surface area (Å²) < 4.78 is 0. The van der Waals surface area contributed by atoms with Crippen LogP contribution in [-0.2, 0) is 0 Å². The van der Waals surface area contributed by atoms with E-state index in [4.69, 9.17) is 11.6 Å². The van der Waals surface area contributed by atoms with E-state index in [0.717, 1.165) is 4.88 Å². The molecule has 0 saturated carbocycles. The summed E-state index contributed by atoms with van der Waals surface area (Å²) in [6.45, 7) is 0. The number of aromatic nitrogens is 2. The Balaban J connectivity index is 1.96. The number of H-pyrrole nitrogens is 1. The quantitative estimate of drug-likeness (QED) is 0.553. The van der Waals surface area contributed by atoms with Crippen LogP contribution in [0.4, 0.5) is 5.95 Å². The average molecular weight is 356 g/mol. The van der Waals surface area contributed by atoms with Crippen molar-refractivity contribution in [1.29, 1.82) is 5.26 Å². The number of hydrogen-bond acceptors (Lipinski definition) is 6. The van der Waals surface area contributed by atoms with Crippen LogP contribution in [0.2, 0.25) is 5.02 Å². The second-order valence-electron chi connectivity index (χ2n) is 4.64.